The van der Waals surface area contributed by atoms with Gasteiger partial charge in [-0.1, -0.05) is 46.3 Å². The molecule has 1 atom stereocenters. The van der Waals surface area contributed by atoms with E-state index in [0.717, 1.165) is 26.8 Å². The van der Waals surface area contributed by atoms with Gasteiger partial charge in [-0.2, -0.15) is 0 Å². The van der Waals surface area contributed by atoms with Crippen LogP contribution in [0.4, 0.5) is 5.69 Å². The summed E-state index contributed by atoms with van der Waals surface area (Å²) in [6.45, 7) is 8.85. The van der Waals surface area contributed by atoms with E-state index >= 15 is 0 Å². The van der Waals surface area contributed by atoms with E-state index in [-0.39, 0.29) is 30.3 Å². The fourth-order valence-corrected chi connectivity index (χ4v) is 4.34. The first-order valence-electron chi connectivity index (χ1n) is 10.9. The van der Waals surface area contributed by atoms with Crippen molar-refractivity contribution in [3.63, 3.8) is 0 Å². The number of carbonyl (C=O) groups excluding carboxylic acids is 1. The molecule has 0 radical (unpaired) electrons. The molecule has 2 aromatic carbocycles. The molecule has 5 nitrogen and oxygen atoms in total. The van der Waals surface area contributed by atoms with Crippen molar-refractivity contribution in [3.05, 3.63) is 64.6 Å². The number of methoxy groups -OCH3 is 1. The van der Waals surface area contributed by atoms with Gasteiger partial charge >= 0.3 is 13.1 Å². The lowest BCUT2D eigenvalue weighted by Gasteiger charge is -2.35. The van der Waals surface area contributed by atoms with E-state index in [2.05, 4.69) is 66.7 Å². The van der Waals surface area contributed by atoms with Gasteiger partial charge in [0.05, 0.1) is 18.3 Å². The number of esters is 1. The first kappa shape index (κ1) is 23.1. The summed E-state index contributed by atoms with van der Waals surface area (Å²) >= 11 is 3.47. The fourth-order valence-electron chi connectivity index (χ4n) is 4.07. The Bertz CT molecular complexity index is 1000. The van der Waals surface area contributed by atoms with E-state index in [1.165, 1.54) is 7.11 Å². The lowest BCUT2D eigenvalue weighted by molar-refractivity contribution is -0.142. The van der Waals surface area contributed by atoms with Crippen LogP contribution in [0.5, 0.6) is 0 Å². The van der Waals surface area contributed by atoms with Gasteiger partial charge in [-0.25, -0.2) is 4.79 Å². The van der Waals surface area contributed by atoms with E-state index in [1.54, 1.807) is 0 Å². The summed E-state index contributed by atoms with van der Waals surface area (Å²) in [5, 5.41) is 0. The second-order valence-electron chi connectivity index (χ2n) is 9.31. The van der Waals surface area contributed by atoms with Crippen LogP contribution in [0.2, 0.25) is 0 Å². The van der Waals surface area contributed by atoms with Crippen molar-refractivity contribution < 1.29 is 18.8 Å². The lowest BCUT2D eigenvalue weighted by Crippen LogP contribution is -2.44. The van der Waals surface area contributed by atoms with Crippen LogP contribution >= 0.6 is 15.9 Å². The quantitative estimate of drug-likeness (QED) is 0.457. The van der Waals surface area contributed by atoms with Gasteiger partial charge in [0, 0.05) is 23.1 Å². The Morgan fingerprint density at radius 2 is 1.62 bits per heavy atom. The summed E-state index contributed by atoms with van der Waals surface area (Å²) < 4.78 is 18.5. The molecule has 2 aliphatic rings. The maximum Gasteiger partial charge on any atom is 0.494 e. The van der Waals surface area contributed by atoms with E-state index in [1.807, 2.05) is 36.4 Å². The summed E-state index contributed by atoms with van der Waals surface area (Å²) in [4.78, 5) is 14.7. The van der Waals surface area contributed by atoms with Gasteiger partial charge in [-0.3, -0.25) is 0 Å². The van der Waals surface area contributed by atoms with Crippen molar-refractivity contribution >= 4 is 45.7 Å². The molecule has 32 heavy (non-hydrogen) atoms. The molecule has 2 aromatic rings. The van der Waals surface area contributed by atoms with Crippen molar-refractivity contribution in [1.82, 2.24) is 0 Å². The molecule has 0 amide bonds. The minimum Gasteiger partial charge on any atom is -0.467 e. The summed E-state index contributed by atoms with van der Waals surface area (Å²) in [7, 11) is 1.06. The number of benzene rings is 2. The van der Waals surface area contributed by atoms with E-state index in [9.17, 15) is 4.79 Å². The van der Waals surface area contributed by atoms with Crippen LogP contribution < -0.4 is 10.4 Å². The van der Waals surface area contributed by atoms with Crippen molar-refractivity contribution in [2.75, 3.05) is 18.6 Å². The standard InChI is InChI=1S/C25H29BBrNO4/c1-24(2)25(3,4)32-26(31-24)19-8-6-17(7-9-19)18-14-15-28(22(16-18)23(29)30-5)21-12-10-20(27)11-13-21/h6-14,22H,15-16H2,1-5H3/t22-/m0/s1. The smallest absolute Gasteiger partial charge is 0.467 e. The van der Waals surface area contributed by atoms with Crippen molar-refractivity contribution in [3.8, 4) is 0 Å². The third-order valence-corrected chi connectivity index (χ3v) is 7.29. The molecule has 0 aliphatic carbocycles. The molecule has 1 saturated heterocycles. The Morgan fingerprint density at radius 1 is 1.03 bits per heavy atom. The molecular weight excluding hydrogens is 469 g/mol. The molecule has 1 fully saturated rings. The average Bonchev–Trinajstić information content (AvgIpc) is 3.00. The fraction of sp³-hybridized carbons (Fsp3) is 0.400. The molecule has 0 aromatic heterocycles. The normalized spacial score (nSPS) is 21.9. The second kappa shape index (κ2) is 8.69. The minimum atomic E-state index is -0.384. The molecule has 2 aliphatic heterocycles. The van der Waals surface area contributed by atoms with Gasteiger partial charge in [0.1, 0.15) is 6.04 Å². The predicted octanol–water partition coefficient (Wildman–Crippen LogP) is 4.58. The number of carbonyl (C=O) groups is 1. The number of nitrogens with zero attached hydrogens (tertiary/aromatic N) is 1. The van der Waals surface area contributed by atoms with Crippen LogP contribution in [0.3, 0.4) is 0 Å². The lowest BCUT2D eigenvalue weighted by atomic mass is 9.78. The average molecular weight is 498 g/mol. The molecular formula is C25H29BBrNO4. The maximum atomic E-state index is 12.6. The minimum absolute atomic E-state index is 0.229. The Balaban J connectivity index is 1.55. The van der Waals surface area contributed by atoms with E-state index in [4.69, 9.17) is 14.0 Å². The molecule has 0 bridgehead atoms. The highest BCUT2D eigenvalue weighted by atomic mass is 79.9. The molecule has 0 unspecified atom stereocenters. The molecule has 2 heterocycles. The highest BCUT2D eigenvalue weighted by Crippen LogP contribution is 2.37. The van der Waals surface area contributed by atoms with Gasteiger partial charge in [0.2, 0.25) is 0 Å². The first-order chi connectivity index (χ1) is 15.1. The number of halogens is 1. The predicted molar refractivity (Wildman–Crippen MR) is 132 cm³/mol. The summed E-state index contributed by atoms with van der Waals surface area (Å²) in [6, 6.07) is 15.9. The highest BCUT2D eigenvalue weighted by Gasteiger charge is 2.51. The van der Waals surface area contributed by atoms with Gasteiger partial charge in [0.25, 0.3) is 0 Å². The third kappa shape index (κ3) is 4.38. The number of anilines is 1. The van der Waals surface area contributed by atoms with E-state index < -0.39 is 0 Å². The SMILES string of the molecule is COC(=O)[C@@H]1CC(c2ccc(B3OC(C)(C)C(C)(C)O3)cc2)=CCN1c1ccc(Br)cc1. The van der Waals surface area contributed by atoms with Crippen LogP contribution in [-0.4, -0.2) is 44.0 Å². The molecule has 0 spiro atoms. The molecule has 7 heteroatoms. The van der Waals surface area contributed by atoms with Crippen LogP contribution in [-0.2, 0) is 18.8 Å². The van der Waals surface area contributed by atoms with Gasteiger partial charge < -0.3 is 18.9 Å². The Hall–Kier alpha value is -2.09. The zero-order chi connectivity index (χ0) is 23.1. The van der Waals surface area contributed by atoms with Crippen LogP contribution in [0, 0.1) is 0 Å². The Labute approximate surface area is 199 Å². The number of ether oxygens (including phenoxy) is 1. The monoisotopic (exact) mass is 497 g/mol. The Kier molecular flexibility index (Phi) is 6.27. The largest absolute Gasteiger partial charge is 0.494 e. The number of hydrogen-bond acceptors (Lipinski definition) is 5. The Morgan fingerprint density at radius 3 is 2.19 bits per heavy atom. The molecule has 0 saturated carbocycles. The summed E-state index contributed by atoms with van der Waals surface area (Å²) in [6.07, 6.45) is 2.77. The first-order valence-corrected chi connectivity index (χ1v) is 11.7. The zero-order valence-corrected chi connectivity index (χ0v) is 20.8. The van der Waals surface area contributed by atoms with E-state index in [0.29, 0.717) is 13.0 Å². The van der Waals surface area contributed by atoms with Crippen molar-refractivity contribution in [2.45, 2.75) is 51.4 Å². The van der Waals surface area contributed by atoms with Crippen LogP contribution in [0.1, 0.15) is 39.7 Å². The van der Waals surface area contributed by atoms with Gasteiger partial charge in [-0.15, -0.1) is 0 Å². The third-order valence-electron chi connectivity index (χ3n) is 6.76. The maximum absolute atomic E-state index is 12.6. The topological polar surface area (TPSA) is 48.0 Å². The van der Waals surface area contributed by atoms with Crippen LogP contribution in [0.25, 0.3) is 5.57 Å². The number of rotatable bonds is 4. The molecule has 0 N–H and O–H groups in total. The molecule has 4 rings (SSSR count). The van der Waals surface area contributed by atoms with Gasteiger partial charge in [-0.05, 0) is 68.6 Å². The summed E-state index contributed by atoms with van der Waals surface area (Å²) in [5.74, 6) is -0.229. The zero-order valence-electron chi connectivity index (χ0n) is 19.2. The van der Waals surface area contributed by atoms with Crippen molar-refractivity contribution in [2.24, 2.45) is 0 Å². The van der Waals surface area contributed by atoms with Gasteiger partial charge in [0.15, 0.2) is 0 Å². The van der Waals surface area contributed by atoms with Crippen LogP contribution in [0.15, 0.2) is 59.1 Å². The number of hydrogen-bond donors (Lipinski definition) is 0. The summed E-state index contributed by atoms with van der Waals surface area (Å²) in [5.41, 5.74) is 3.47. The molecule has 168 valence electrons. The van der Waals surface area contributed by atoms with Crippen molar-refractivity contribution in [1.29, 1.82) is 0 Å². The highest BCUT2D eigenvalue weighted by molar-refractivity contribution is 9.10. The second-order valence-corrected chi connectivity index (χ2v) is 10.2.